The predicted octanol–water partition coefficient (Wildman–Crippen LogP) is 2.77. The molecule has 6 nitrogen and oxygen atoms in total. The molecule has 112 valence electrons. The normalized spacial score (nSPS) is 10.7. The third-order valence-corrected chi connectivity index (χ3v) is 3.13. The number of rotatable bonds is 3. The number of aryl methyl sites for hydroxylation is 2. The first kappa shape index (κ1) is 14.0. The number of hydrogen-bond donors (Lipinski definition) is 1. The van der Waals surface area contributed by atoms with E-state index in [1.54, 1.807) is 37.0 Å². The Labute approximate surface area is 125 Å². The molecule has 0 saturated heterocycles. The van der Waals surface area contributed by atoms with Crippen LogP contribution in [0.1, 0.15) is 16.2 Å². The van der Waals surface area contributed by atoms with Gasteiger partial charge in [-0.1, -0.05) is 5.16 Å². The van der Waals surface area contributed by atoms with Crippen molar-refractivity contribution in [1.82, 2.24) is 14.9 Å². The lowest BCUT2D eigenvalue weighted by Crippen LogP contribution is -2.12. The SMILES string of the molecule is Cc1nn(C)cc1NC(=O)c1cc(-c2ccc(F)cc2)on1. The number of amides is 1. The van der Waals surface area contributed by atoms with E-state index < -0.39 is 5.91 Å². The second kappa shape index (κ2) is 5.44. The fraction of sp³-hybridized carbons (Fsp3) is 0.133. The van der Waals surface area contributed by atoms with Crippen LogP contribution in [0.2, 0.25) is 0 Å². The lowest BCUT2D eigenvalue weighted by atomic mass is 10.1. The maximum Gasteiger partial charge on any atom is 0.277 e. The average molecular weight is 300 g/mol. The van der Waals surface area contributed by atoms with E-state index in [0.29, 0.717) is 22.7 Å². The molecular formula is C15H13FN4O2. The van der Waals surface area contributed by atoms with Crippen molar-refractivity contribution in [2.45, 2.75) is 6.92 Å². The Kier molecular flexibility index (Phi) is 3.46. The molecule has 0 aliphatic carbocycles. The van der Waals surface area contributed by atoms with Crippen LogP contribution < -0.4 is 5.32 Å². The molecule has 1 amide bonds. The highest BCUT2D eigenvalue weighted by molar-refractivity contribution is 6.03. The lowest BCUT2D eigenvalue weighted by Gasteiger charge is -1.99. The minimum Gasteiger partial charge on any atom is -0.355 e. The van der Waals surface area contributed by atoms with E-state index in [1.165, 1.54) is 18.2 Å². The highest BCUT2D eigenvalue weighted by atomic mass is 19.1. The Bertz CT molecular complexity index is 820. The third kappa shape index (κ3) is 2.73. The molecule has 0 aliphatic heterocycles. The standard InChI is InChI=1S/C15H13FN4O2/c1-9-13(8-20(2)18-9)17-15(21)12-7-14(22-19-12)10-3-5-11(16)6-4-10/h3-8H,1-2H3,(H,17,21). The van der Waals surface area contributed by atoms with Gasteiger partial charge >= 0.3 is 0 Å². The molecule has 1 N–H and O–H groups in total. The second-order valence-electron chi connectivity index (χ2n) is 4.84. The van der Waals surface area contributed by atoms with Gasteiger partial charge in [-0.25, -0.2) is 4.39 Å². The molecule has 0 fully saturated rings. The fourth-order valence-corrected chi connectivity index (χ4v) is 2.04. The van der Waals surface area contributed by atoms with Crippen molar-refractivity contribution in [1.29, 1.82) is 0 Å². The van der Waals surface area contributed by atoms with Gasteiger partial charge in [0.15, 0.2) is 11.5 Å². The summed E-state index contributed by atoms with van der Waals surface area (Å²) < 4.78 is 19.6. The molecule has 0 spiro atoms. The van der Waals surface area contributed by atoms with Crippen LogP contribution in [0.15, 0.2) is 41.1 Å². The first-order valence-corrected chi connectivity index (χ1v) is 6.57. The Morgan fingerprint density at radius 1 is 1.32 bits per heavy atom. The van der Waals surface area contributed by atoms with Crippen LogP contribution in [-0.4, -0.2) is 20.8 Å². The van der Waals surface area contributed by atoms with Gasteiger partial charge in [0.25, 0.3) is 5.91 Å². The average Bonchev–Trinajstić information content (AvgIpc) is 3.07. The Hall–Kier alpha value is -2.96. The van der Waals surface area contributed by atoms with Crippen LogP contribution in [0, 0.1) is 12.7 Å². The van der Waals surface area contributed by atoms with Crippen molar-refractivity contribution < 1.29 is 13.7 Å². The van der Waals surface area contributed by atoms with Gasteiger partial charge in [-0.3, -0.25) is 9.48 Å². The molecule has 3 rings (SSSR count). The molecular weight excluding hydrogens is 287 g/mol. The van der Waals surface area contributed by atoms with Gasteiger partial charge in [0.2, 0.25) is 0 Å². The van der Waals surface area contributed by atoms with Gasteiger partial charge in [0, 0.05) is 24.9 Å². The van der Waals surface area contributed by atoms with Gasteiger partial charge in [-0.2, -0.15) is 5.10 Å². The van der Waals surface area contributed by atoms with E-state index in [-0.39, 0.29) is 11.5 Å². The summed E-state index contributed by atoms with van der Waals surface area (Å²) in [5.74, 6) is -0.338. The molecule has 1 aromatic carbocycles. The molecule has 2 aromatic heterocycles. The van der Waals surface area contributed by atoms with Crippen molar-refractivity contribution >= 4 is 11.6 Å². The molecule has 22 heavy (non-hydrogen) atoms. The molecule has 0 unspecified atom stereocenters. The quantitative estimate of drug-likeness (QED) is 0.807. The Morgan fingerprint density at radius 2 is 2.05 bits per heavy atom. The van der Waals surface area contributed by atoms with Gasteiger partial charge in [0.1, 0.15) is 5.82 Å². The van der Waals surface area contributed by atoms with Crippen LogP contribution in [0.4, 0.5) is 10.1 Å². The molecule has 0 atom stereocenters. The summed E-state index contributed by atoms with van der Waals surface area (Å²) in [6, 6.07) is 7.26. The number of benzene rings is 1. The minimum atomic E-state index is -0.395. The Morgan fingerprint density at radius 3 is 2.68 bits per heavy atom. The number of aromatic nitrogens is 3. The number of halogens is 1. The van der Waals surface area contributed by atoms with E-state index in [9.17, 15) is 9.18 Å². The van der Waals surface area contributed by atoms with E-state index >= 15 is 0 Å². The largest absolute Gasteiger partial charge is 0.355 e. The first-order valence-electron chi connectivity index (χ1n) is 6.57. The summed E-state index contributed by atoms with van der Waals surface area (Å²) in [6.45, 7) is 1.79. The number of carbonyl (C=O) groups is 1. The smallest absolute Gasteiger partial charge is 0.277 e. The highest BCUT2D eigenvalue weighted by Crippen LogP contribution is 2.21. The summed E-state index contributed by atoms with van der Waals surface area (Å²) in [6.07, 6.45) is 1.70. The zero-order valence-electron chi connectivity index (χ0n) is 12.0. The van der Waals surface area contributed by atoms with Crippen molar-refractivity contribution in [3.63, 3.8) is 0 Å². The summed E-state index contributed by atoms with van der Waals surface area (Å²) >= 11 is 0. The Balaban J connectivity index is 1.79. The zero-order chi connectivity index (χ0) is 15.7. The maximum absolute atomic E-state index is 12.9. The first-order chi connectivity index (χ1) is 10.5. The van der Waals surface area contributed by atoms with Crippen LogP contribution >= 0.6 is 0 Å². The molecule has 2 heterocycles. The fourth-order valence-electron chi connectivity index (χ4n) is 2.04. The molecule has 0 aliphatic rings. The van der Waals surface area contributed by atoms with Gasteiger partial charge in [-0.15, -0.1) is 0 Å². The van der Waals surface area contributed by atoms with Crippen molar-refractivity contribution in [3.8, 4) is 11.3 Å². The van der Waals surface area contributed by atoms with Gasteiger partial charge in [0.05, 0.1) is 11.4 Å². The second-order valence-corrected chi connectivity index (χ2v) is 4.84. The third-order valence-electron chi connectivity index (χ3n) is 3.13. The predicted molar refractivity (Wildman–Crippen MR) is 77.8 cm³/mol. The summed E-state index contributed by atoms with van der Waals surface area (Å²) in [7, 11) is 1.77. The molecule has 7 heteroatoms. The number of nitrogens with zero attached hydrogens (tertiary/aromatic N) is 3. The van der Waals surface area contributed by atoms with Crippen LogP contribution in [0.25, 0.3) is 11.3 Å². The number of carbonyl (C=O) groups excluding carboxylic acids is 1. The molecule has 3 aromatic rings. The minimum absolute atomic E-state index is 0.141. The van der Waals surface area contributed by atoms with Gasteiger partial charge < -0.3 is 9.84 Å². The van der Waals surface area contributed by atoms with E-state index in [2.05, 4.69) is 15.6 Å². The van der Waals surface area contributed by atoms with E-state index in [0.717, 1.165) is 0 Å². The van der Waals surface area contributed by atoms with Crippen LogP contribution in [0.3, 0.4) is 0 Å². The van der Waals surface area contributed by atoms with Crippen molar-refractivity contribution in [2.24, 2.45) is 7.05 Å². The summed E-state index contributed by atoms with van der Waals surface area (Å²) in [5, 5.41) is 10.6. The monoisotopic (exact) mass is 300 g/mol. The van der Waals surface area contributed by atoms with Crippen molar-refractivity contribution in [3.05, 3.63) is 53.7 Å². The van der Waals surface area contributed by atoms with Gasteiger partial charge in [-0.05, 0) is 31.2 Å². The number of hydrogen-bond acceptors (Lipinski definition) is 4. The maximum atomic E-state index is 12.9. The van der Waals surface area contributed by atoms with E-state index in [4.69, 9.17) is 4.52 Å². The summed E-state index contributed by atoms with van der Waals surface area (Å²) in [5.41, 5.74) is 2.10. The number of anilines is 1. The van der Waals surface area contributed by atoms with Crippen LogP contribution in [0.5, 0.6) is 0 Å². The zero-order valence-corrected chi connectivity index (χ0v) is 12.0. The topological polar surface area (TPSA) is 73.0 Å². The van der Waals surface area contributed by atoms with E-state index in [1.807, 2.05) is 0 Å². The summed E-state index contributed by atoms with van der Waals surface area (Å²) in [4.78, 5) is 12.1. The molecule has 0 bridgehead atoms. The molecule has 0 radical (unpaired) electrons. The van der Waals surface area contributed by atoms with Crippen molar-refractivity contribution in [2.75, 3.05) is 5.32 Å². The number of nitrogens with one attached hydrogen (secondary N) is 1. The highest BCUT2D eigenvalue weighted by Gasteiger charge is 2.15. The lowest BCUT2D eigenvalue weighted by molar-refractivity contribution is 0.101. The van der Waals surface area contributed by atoms with Crippen LogP contribution in [-0.2, 0) is 7.05 Å². The molecule has 0 saturated carbocycles.